The van der Waals surface area contributed by atoms with Crippen molar-refractivity contribution in [1.82, 2.24) is 15.4 Å². The lowest BCUT2D eigenvalue weighted by Crippen LogP contribution is -2.59. The molecule has 2 aliphatic rings. The quantitative estimate of drug-likeness (QED) is 0.810. The van der Waals surface area contributed by atoms with E-state index in [9.17, 15) is 9.59 Å². The Kier molecular flexibility index (Phi) is 5.56. The number of hydrogen-bond donors (Lipinski definition) is 1. The number of aryl methyl sites for hydroxylation is 1. The summed E-state index contributed by atoms with van der Waals surface area (Å²) in [5, 5.41) is 6.94. The molecule has 1 N–H and O–H groups in total. The maximum atomic E-state index is 12.6. The highest BCUT2D eigenvalue weighted by Crippen LogP contribution is 2.49. The zero-order valence-corrected chi connectivity index (χ0v) is 16.7. The fourth-order valence-electron chi connectivity index (χ4n) is 4.46. The Morgan fingerprint density at radius 1 is 1.24 bits per heavy atom. The molecule has 1 unspecified atom stereocenters. The SMILES string of the molecule is COc1cc(C(=O)N2CCC3(CCC3NC(=O)CCc3ccccc3)CC2)on1. The Morgan fingerprint density at radius 3 is 2.62 bits per heavy atom. The Labute approximate surface area is 170 Å². The van der Waals surface area contributed by atoms with Gasteiger partial charge in [0, 0.05) is 25.6 Å². The van der Waals surface area contributed by atoms with Crippen molar-refractivity contribution in [3.63, 3.8) is 0 Å². The molecule has 4 rings (SSSR count). The first kappa shape index (κ1) is 19.5. The molecular formula is C22H27N3O4. The van der Waals surface area contributed by atoms with E-state index in [0.29, 0.717) is 25.4 Å². The van der Waals surface area contributed by atoms with E-state index in [-0.39, 0.29) is 29.0 Å². The number of nitrogens with one attached hydrogen (secondary N) is 1. The van der Waals surface area contributed by atoms with Gasteiger partial charge in [0.2, 0.25) is 11.7 Å². The monoisotopic (exact) mass is 397 g/mol. The van der Waals surface area contributed by atoms with Crippen LogP contribution in [0.15, 0.2) is 40.9 Å². The number of nitrogens with zero attached hydrogens (tertiary/aromatic N) is 2. The van der Waals surface area contributed by atoms with Crippen molar-refractivity contribution in [3.05, 3.63) is 47.7 Å². The number of amides is 2. The topological polar surface area (TPSA) is 84.7 Å². The lowest BCUT2D eigenvalue weighted by molar-refractivity contribution is -0.125. The fraction of sp³-hybridized carbons (Fsp3) is 0.500. The van der Waals surface area contributed by atoms with Crippen molar-refractivity contribution in [1.29, 1.82) is 0 Å². The van der Waals surface area contributed by atoms with E-state index in [4.69, 9.17) is 9.26 Å². The third-order valence-corrected chi connectivity index (χ3v) is 6.44. The second-order valence-corrected chi connectivity index (χ2v) is 8.03. The van der Waals surface area contributed by atoms with Gasteiger partial charge in [0.1, 0.15) is 0 Å². The van der Waals surface area contributed by atoms with Gasteiger partial charge < -0.3 is 19.5 Å². The minimum absolute atomic E-state index is 0.116. The first-order chi connectivity index (χ1) is 14.1. The molecule has 2 heterocycles. The van der Waals surface area contributed by atoms with Crippen LogP contribution in [0.4, 0.5) is 0 Å². The second kappa shape index (κ2) is 8.27. The van der Waals surface area contributed by atoms with Crippen LogP contribution in [0, 0.1) is 5.41 Å². The van der Waals surface area contributed by atoms with Gasteiger partial charge >= 0.3 is 0 Å². The molecule has 2 amide bonds. The van der Waals surface area contributed by atoms with Gasteiger partial charge in [0.15, 0.2) is 0 Å². The predicted molar refractivity (Wildman–Crippen MR) is 107 cm³/mol. The summed E-state index contributed by atoms with van der Waals surface area (Å²) in [5.41, 5.74) is 1.31. The summed E-state index contributed by atoms with van der Waals surface area (Å²) in [6.07, 6.45) is 5.18. The van der Waals surface area contributed by atoms with Gasteiger partial charge in [-0.25, -0.2) is 0 Å². The summed E-state index contributed by atoms with van der Waals surface area (Å²) in [6, 6.07) is 11.8. The number of carbonyl (C=O) groups is 2. The Morgan fingerprint density at radius 2 is 2.00 bits per heavy atom. The number of rotatable bonds is 6. The Bertz CT molecular complexity index is 856. The average molecular weight is 397 g/mol. The van der Waals surface area contributed by atoms with Crippen LogP contribution >= 0.6 is 0 Å². The van der Waals surface area contributed by atoms with Crippen LogP contribution in [0.5, 0.6) is 5.88 Å². The predicted octanol–water partition coefficient (Wildman–Crippen LogP) is 2.82. The first-order valence-corrected chi connectivity index (χ1v) is 10.2. The lowest BCUT2D eigenvalue weighted by Gasteiger charge is -2.54. The van der Waals surface area contributed by atoms with E-state index >= 15 is 0 Å². The highest BCUT2D eigenvalue weighted by molar-refractivity contribution is 5.91. The van der Waals surface area contributed by atoms with Crippen LogP contribution in [-0.2, 0) is 11.2 Å². The van der Waals surface area contributed by atoms with E-state index < -0.39 is 0 Å². The van der Waals surface area contributed by atoms with E-state index in [2.05, 4.69) is 22.6 Å². The van der Waals surface area contributed by atoms with Crippen molar-refractivity contribution in [2.45, 2.75) is 44.6 Å². The summed E-state index contributed by atoms with van der Waals surface area (Å²) < 4.78 is 10.1. The molecule has 1 aromatic carbocycles. The van der Waals surface area contributed by atoms with Crippen molar-refractivity contribution in [2.75, 3.05) is 20.2 Å². The van der Waals surface area contributed by atoms with E-state index in [1.54, 1.807) is 4.90 Å². The van der Waals surface area contributed by atoms with Crippen molar-refractivity contribution < 1.29 is 18.8 Å². The maximum Gasteiger partial charge on any atom is 0.292 e. The van der Waals surface area contributed by atoms with E-state index in [0.717, 1.165) is 32.1 Å². The number of hydrogen-bond acceptors (Lipinski definition) is 5. The first-order valence-electron chi connectivity index (χ1n) is 10.2. The van der Waals surface area contributed by atoms with E-state index in [1.807, 2.05) is 18.2 Å². The molecule has 1 aliphatic carbocycles. The van der Waals surface area contributed by atoms with Crippen LogP contribution in [0.1, 0.15) is 48.2 Å². The fourth-order valence-corrected chi connectivity index (χ4v) is 4.46. The van der Waals surface area contributed by atoms with E-state index in [1.165, 1.54) is 18.7 Å². The number of piperidine rings is 1. The van der Waals surface area contributed by atoms with Crippen molar-refractivity contribution >= 4 is 11.8 Å². The standard InChI is InChI=1S/C22H27N3O4/c1-28-20-15-17(29-24-20)21(27)25-13-11-22(12-14-25)10-9-18(22)23-19(26)8-7-16-5-3-2-4-6-16/h2-6,15,18H,7-14H2,1H3,(H,23,26). The molecule has 1 spiro atoms. The number of aromatic nitrogens is 1. The molecule has 0 radical (unpaired) electrons. The summed E-state index contributed by atoms with van der Waals surface area (Å²) in [6.45, 7) is 1.33. The molecule has 7 heteroatoms. The molecule has 1 aromatic heterocycles. The van der Waals surface area contributed by atoms with Crippen molar-refractivity contribution in [3.8, 4) is 5.88 Å². The Hall–Kier alpha value is -2.83. The van der Waals surface area contributed by atoms with Gasteiger partial charge in [0.25, 0.3) is 11.8 Å². The third-order valence-electron chi connectivity index (χ3n) is 6.44. The highest BCUT2D eigenvalue weighted by Gasteiger charge is 2.49. The van der Waals surface area contributed by atoms with Crippen molar-refractivity contribution in [2.24, 2.45) is 5.41 Å². The number of carbonyl (C=O) groups excluding carboxylic acids is 2. The van der Waals surface area contributed by atoms with Crippen LogP contribution in [0.25, 0.3) is 0 Å². The zero-order chi connectivity index (χ0) is 20.3. The minimum Gasteiger partial charge on any atom is -0.479 e. The smallest absolute Gasteiger partial charge is 0.292 e. The van der Waals surface area contributed by atoms with Gasteiger partial charge in [-0.1, -0.05) is 30.3 Å². The Balaban J connectivity index is 1.27. The molecule has 1 saturated heterocycles. The van der Waals surface area contributed by atoms with Crippen LogP contribution in [-0.4, -0.2) is 48.1 Å². The molecule has 2 fully saturated rings. The van der Waals surface area contributed by atoms with Gasteiger partial charge in [0.05, 0.1) is 13.2 Å². The third kappa shape index (κ3) is 4.13. The zero-order valence-electron chi connectivity index (χ0n) is 16.7. The largest absolute Gasteiger partial charge is 0.479 e. The van der Waals surface area contributed by atoms with Gasteiger partial charge in [-0.2, -0.15) is 0 Å². The maximum absolute atomic E-state index is 12.6. The average Bonchev–Trinajstić information content (AvgIpc) is 3.25. The lowest BCUT2D eigenvalue weighted by atomic mass is 9.59. The molecule has 154 valence electrons. The molecule has 7 nitrogen and oxygen atoms in total. The molecule has 2 aromatic rings. The normalized spacial score (nSPS) is 20.2. The molecule has 1 atom stereocenters. The van der Waals surface area contributed by atoms with Crippen LogP contribution < -0.4 is 10.1 Å². The molecular weight excluding hydrogens is 370 g/mol. The number of likely N-dealkylation sites (tertiary alicyclic amines) is 1. The molecule has 1 aliphatic heterocycles. The highest BCUT2D eigenvalue weighted by atomic mass is 16.5. The molecule has 0 bridgehead atoms. The van der Waals surface area contributed by atoms with Gasteiger partial charge in [-0.15, -0.1) is 0 Å². The summed E-state index contributed by atoms with van der Waals surface area (Å²) in [7, 11) is 1.49. The summed E-state index contributed by atoms with van der Waals surface area (Å²) in [4.78, 5) is 26.8. The second-order valence-electron chi connectivity index (χ2n) is 8.03. The summed E-state index contributed by atoms with van der Waals surface area (Å²) in [5.74, 6) is 0.472. The van der Waals surface area contributed by atoms with Gasteiger partial charge in [-0.05, 0) is 48.2 Å². The number of benzene rings is 1. The summed E-state index contributed by atoms with van der Waals surface area (Å²) >= 11 is 0. The molecule has 29 heavy (non-hydrogen) atoms. The van der Waals surface area contributed by atoms with Crippen LogP contribution in [0.3, 0.4) is 0 Å². The van der Waals surface area contributed by atoms with Crippen LogP contribution in [0.2, 0.25) is 0 Å². The minimum atomic E-state index is -0.154. The number of ether oxygens (including phenoxy) is 1. The molecule has 1 saturated carbocycles. The van der Waals surface area contributed by atoms with Gasteiger partial charge in [-0.3, -0.25) is 9.59 Å². The number of methoxy groups -OCH3 is 1.